The molecule has 0 aliphatic rings. The molecule has 2 nitrogen and oxygen atoms in total. The molecule has 0 unspecified atom stereocenters. The molecule has 0 aliphatic carbocycles. The molecule has 0 amide bonds. The molecule has 0 atom stereocenters. The highest BCUT2D eigenvalue weighted by Crippen LogP contribution is 1.52. The smallest absolute Gasteiger partial charge is 0.0433 e. The van der Waals surface area contributed by atoms with Gasteiger partial charge in [0.05, 0.1) is 0 Å². The van der Waals surface area contributed by atoms with E-state index < -0.39 is 0 Å². The molecule has 0 aromatic carbocycles. The van der Waals surface area contributed by atoms with Crippen LogP contribution >= 0.6 is 0 Å². The molecule has 0 rings (SSSR count). The standard InChI is InChI=1S/C3H9N.C3H8O.2CH4/c1-4(2)3;1-3-4-2;;/h1-3H3;3H2,1-2H3;2*1H4. The van der Waals surface area contributed by atoms with Gasteiger partial charge in [0, 0.05) is 13.7 Å². The summed E-state index contributed by atoms with van der Waals surface area (Å²) in [5.41, 5.74) is 0. The van der Waals surface area contributed by atoms with E-state index in [1.54, 1.807) is 7.11 Å². The summed E-state index contributed by atoms with van der Waals surface area (Å²) >= 11 is 0. The largest absolute Gasteiger partial charge is 0.385 e. The minimum absolute atomic E-state index is 0. The van der Waals surface area contributed by atoms with Crippen molar-refractivity contribution in [1.29, 1.82) is 0 Å². The maximum Gasteiger partial charge on any atom is 0.0433 e. The van der Waals surface area contributed by atoms with E-state index in [0.29, 0.717) is 0 Å². The van der Waals surface area contributed by atoms with Crippen molar-refractivity contribution in [2.45, 2.75) is 21.8 Å². The topological polar surface area (TPSA) is 12.5 Å². The van der Waals surface area contributed by atoms with Crippen molar-refractivity contribution in [3.8, 4) is 0 Å². The Labute approximate surface area is 67.2 Å². The van der Waals surface area contributed by atoms with Crippen molar-refractivity contribution in [3.05, 3.63) is 0 Å². The highest BCUT2D eigenvalue weighted by molar-refractivity contribution is 4.09. The lowest BCUT2D eigenvalue weighted by molar-refractivity contribution is 0.215. The zero-order chi connectivity index (χ0) is 6.99. The van der Waals surface area contributed by atoms with Crippen LogP contribution in [-0.4, -0.2) is 39.8 Å². The van der Waals surface area contributed by atoms with Gasteiger partial charge in [0.1, 0.15) is 0 Å². The van der Waals surface area contributed by atoms with E-state index in [1.807, 2.05) is 33.0 Å². The summed E-state index contributed by atoms with van der Waals surface area (Å²) in [6, 6.07) is 0. The van der Waals surface area contributed by atoms with Gasteiger partial charge in [-0.1, -0.05) is 14.9 Å². The monoisotopic (exact) mass is 151 g/mol. The van der Waals surface area contributed by atoms with E-state index in [4.69, 9.17) is 0 Å². The number of rotatable bonds is 1. The number of nitrogens with zero attached hydrogens (tertiary/aromatic N) is 1. The molecule has 0 heterocycles. The molecule has 0 spiro atoms. The lowest BCUT2D eigenvalue weighted by Gasteiger charge is -1.90. The van der Waals surface area contributed by atoms with Gasteiger partial charge in [-0.25, -0.2) is 0 Å². The van der Waals surface area contributed by atoms with Gasteiger partial charge in [-0.2, -0.15) is 0 Å². The van der Waals surface area contributed by atoms with Crippen molar-refractivity contribution in [2.24, 2.45) is 0 Å². The summed E-state index contributed by atoms with van der Waals surface area (Å²) in [5.74, 6) is 0. The predicted octanol–water partition coefficient (Wildman–Crippen LogP) is 2.10. The van der Waals surface area contributed by atoms with Gasteiger partial charge >= 0.3 is 0 Å². The van der Waals surface area contributed by atoms with Crippen molar-refractivity contribution >= 4 is 0 Å². The predicted molar refractivity (Wildman–Crippen MR) is 50.6 cm³/mol. The maximum absolute atomic E-state index is 4.54. The molecule has 0 radical (unpaired) electrons. The summed E-state index contributed by atoms with van der Waals surface area (Å²) in [6.07, 6.45) is 0. The highest BCUT2D eigenvalue weighted by atomic mass is 16.5. The minimum atomic E-state index is 0. The number of hydrogen-bond donors (Lipinski definition) is 0. The fourth-order valence-corrected chi connectivity index (χ4v) is 0. The van der Waals surface area contributed by atoms with Crippen molar-refractivity contribution in [1.82, 2.24) is 4.90 Å². The molecule has 0 fully saturated rings. The van der Waals surface area contributed by atoms with E-state index in [2.05, 4.69) is 4.74 Å². The summed E-state index contributed by atoms with van der Waals surface area (Å²) < 4.78 is 4.54. The van der Waals surface area contributed by atoms with Crippen LogP contribution < -0.4 is 0 Å². The van der Waals surface area contributed by atoms with Crippen molar-refractivity contribution < 1.29 is 4.74 Å². The molecule has 10 heavy (non-hydrogen) atoms. The zero-order valence-corrected chi connectivity index (χ0v) is 6.56. The molecule has 0 aromatic heterocycles. The van der Waals surface area contributed by atoms with Crippen LogP contribution in [0.3, 0.4) is 0 Å². The van der Waals surface area contributed by atoms with E-state index in [9.17, 15) is 0 Å². The van der Waals surface area contributed by atoms with Crippen LogP contribution in [0.4, 0.5) is 0 Å². The van der Waals surface area contributed by atoms with Gasteiger partial charge in [0.15, 0.2) is 0 Å². The molecular formula is C8H25NO. The van der Waals surface area contributed by atoms with Crippen LogP contribution in [0.1, 0.15) is 21.8 Å². The Morgan fingerprint density at radius 2 is 1.20 bits per heavy atom. The van der Waals surface area contributed by atoms with Crippen LogP contribution in [0, 0.1) is 0 Å². The molecule has 0 aromatic rings. The third kappa shape index (κ3) is 448. The SMILES string of the molecule is C.C.CCOC.CN(C)C. The normalized spacial score (nSPS) is 6.60. The summed E-state index contributed by atoms with van der Waals surface area (Å²) in [6.45, 7) is 2.78. The van der Waals surface area contributed by atoms with Gasteiger partial charge in [0.25, 0.3) is 0 Å². The third-order valence-electron chi connectivity index (χ3n) is 0.289. The average molecular weight is 151 g/mol. The van der Waals surface area contributed by atoms with Crippen LogP contribution in [0.2, 0.25) is 0 Å². The molecule has 68 valence electrons. The first-order valence-electron chi connectivity index (χ1n) is 2.75. The zero-order valence-electron chi connectivity index (χ0n) is 6.56. The van der Waals surface area contributed by atoms with Gasteiger partial charge in [-0.05, 0) is 28.1 Å². The lowest BCUT2D eigenvalue weighted by atomic mass is 10.9. The second-order valence-corrected chi connectivity index (χ2v) is 1.92. The van der Waals surface area contributed by atoms with Crippen LogP contribution in [-0.2, 0) is 4.74 Å². The molecule has 0 N–H and O–H groups in total. The molecule has 0 saturated heterocycles. The molecule has 0 saturated carbocycles. The first-order chi connectivity index (χ1) is 3.65. The fraction of sp³-hybridized carbons (Fsp3) is 1.00. The minimum Gasteiger partial charge on any atom is -0.385 e. The highest BCUT2D eigenvalue weighted by Gasteiger charge is 1.58. The summed E-state index contributed by atoms with van der Waals surface area (Å²) in [5, 5.41) is 0. The van der Waals surface area contributed by atoms with Crippen LogP contribution in [0.25, 0.3) is 0 Å². The average Bonchev–Trinajstić information content (AvgIpc) is 1.65. The van der Waals surface area contributed by atoms with E-state index >= 15 is 0 Å². The first kappa shape index (κ1) is 22.5. The summed E-state index contributed by atoms with van der Waals surface area (Å²) in [7, 11) is 7.68. The Balaban J connectivity index is -0.0000000300. The second-order valence-electron chi connectivity index (χ2n) is 1.92. The van der Waals surface area contributed by atoms with Gasteiger partial charge in [-0.3, -0.25) is 0 Å². The maximum atomic E-state index is 4.54. The Kier molecular flexibility index (Phi) is 52.1. The van der Waals surface area contributed by atoms with Crippen molar-refractivity contribution in [2.75, 3.05) is 34.9 Å². The number of hydrogen-bond acceptors (Lipinski definition) is 2. The molecule has 2 heteroatoms. The van der Waals surface area contributed by atoms with Gasteiger partial charge in [-0.15, -0.1) is 0 Å². The van der Waals surface area contributed by atoms with Gasteiger partial charge < -0.3 is 9.64 Å². The number of ether oxygens (including phenoxy) is 1. The fourth-order valence-electron chi connectivity index (χ4n) is 0. The Morgan fingerprint density at radius 1 is 1.10 bits per heavy atom. The quantitative estimate of drug-likeness (QED) is 0.569. The third-order valence-corrected chi connectivity index (χ3v) is 0.289. The van der Waals surface area contributed by atoms with E-state index in [-0.39, 0.29) is 14.9 Å². The lowest BCUT2D eigenvalue weighted by Crippen LogP contribution is -1.99. The van der Waals surface area contributed by atoms with Crippen LogP contribution in [0.5, 0.6) is 0 Å². The molecule has 0 bridgehead atoms. The molecular weight excluding hydrogens is 126 g/mol. The van der Waals surface area contributed by atoms with E-state index in [1.165, 1.54) is 0 Å². The second kappa shape index (κ2) is 23.1. The number of methoxy groups -OCH3 is 1. The molecule has 0 aliphatic heterocycles. The van der Waals surface area contributed by atoms with Gasteiger partial charge in [0.2, 0.25) is 0 Å². The van der Waals surface area contributed by atoms with E-state index in [0.717, 1.165) is 6.61 Å². The summed E-state index contributed by atoms with van der Waals surface area (Å²) in [4.78, 5) is 2.00. The Morgan fingerprint density at radius 3 is 1.20 bits per heavy atom. The van der Waals surface area contributed by atoms with Crippen LogP contribution in [0.15, 0.2) is 0 Å². The first-order valence-corrected chi connectivity index (χ1v) is 2.75. The Bertz CT molecular complexity index is 25.7. The Hall–Kier alpha value is -0.0800. The van der Waals surface area contributed by atoms with Crippen molar-refractivity contribution in [3.63, 3.8) is 0 Å².